The largest absolute Gasteiger partial charge is 0.497 e. The molecule has 1 aromatic heterocycles. The molecule has 6 nitrogen and oxygen atoms in total. The minimum atomic E-state index is -0.406. The molecule has 0 spiro atoms. The van der Waals surface area contributed by atoms with Crippen LogP contribution in [0.5, 0.6) is 11.5 Å². The Balaban J connectivity index is 1.79. The molecule has 0 unspecified atom stereocenters. The van der Waals surface area contributed by atoms with Crippen molar-refractivity contribution in [2.24, 2.45) is 0 Å². The molecule has 2 aromatic carbocycles. The first-order chi connectivity index (χ1) is 13.4. The maximum atomic E-state index is 12.6. The molecule has 1 N–H and O–H groups in total. The molecular formula is C19H16Cl3N3O3. The van der Waals surface area contributed by atoms with Crippen LogP contribution in [0.1, 0.15) is 15.9 Å². The van der Waals surface area contributed by atoms with Gasteiger partial charge in [0.15, 0.2) is 5.82 Å². The second-order valence-electron chi connectivity index (χ2n) is 5.78. The highest BCUT2D eigenvalue weighted by Crippen LogP contribution is 2.27. The van der Waals surface area contributed by atoms with Gasteiger partial charge in [-0.2, -0.15) is 5.10 Å². The number of rotatable bonds is 6. The van der Waals surface area contributed by atoms with E-state index in [-0.39, 0.29) is 5.82 Å². The van der Waals surface area contributed by atoms with Gasteiger partial charge in [0, 0.05) is 22.3 Å². The molecule has 3 aromatic rings. The van der Waals surface area contributed by atoms with E-state index in [0.29, 0.717) is 38.7 Å². The molecule has 0 aliphatic carbocycles. The number of hydrogen-bond acceptors (Lipinski definition) is 4. The van der Waals surface area contributed by atoms with E-state index in [1.165, 1.54) is 14.2 Å². The first-order valence-electron chi connectivity index (χ1n) is 8.11. The smallest absolute Gasteiger partial charge is 0.260 e. The third-order valence-electron chi connectivity index (χ3n) is 3.95. The van der Waals surface area contributed by atoms with Crippen molar-refractivity contribution in [3.63, 3.8) is 0 Å². The monoisotopic (exact) mass is 439 g/mol. The lowest BCUT2D eigenvalue weighted by Crippen LogP contribution is -2.14. The molecule has 1 heterocycles. The second kappa shape index (κ2) is 8.73. The third kappa shape index (κ3) is 4.52. The summed E-state index contributed by atoms with van der Waals surface area (Å²) in [5, 5.41) is 8.38. The van der Waals surface area contributed by atoms with Crippen LogP contribution in [0.25, 0.3) is 0 Å². The summed E-state index contributed by atoms with van der Waals surface area (Å²) in [7, 11) is 3.01. The molecule has 146 valence electrons. The fraction of sp³-hybridized carbons (Fsp3) is 0.158. The first kappa shape index (κ1) is 20.3. The van der Waals surface area contributed by atoms with Crippen molar-refractivity contribution in [3.05, 3.63) is 68.8 Å². The van der Waals surface area contributed by atoms with Crippen LogP contribution >= 0.6 is 34.8 Å². The van der Waals surface area contributed by atoms with Crippen LogP contribution in [0.15, 0.2) is 42.6 Å². The number of carbonyl (C=O) groups is 1. The van der Waals surface area contributed by atoms with E-state index in [1.54, 1.807) is 47.3 Å². The normalized spacial score (nSPS) is 10.6. The van der Waals surface area contributed by atoms with Gasteiger partial charge in [-0.3, -0.25) is 9.48 Å². The number of ether oxygens (including phenoxy) is 2. The van der Waals surface area contributed by atoms with Gasteiger partial charge in [0.25, 0.3) is 5.91 Å². The quantitative estimate of drug-likeness (QED) is 0.575. The summed E-state index contributed by atoms with van der Waals surface area (Å²) in [6.07, 6.45) is 1.60. The Kier molecular flexibility index (Phi) is 6.34. The maximum Gasteiger partial charge on any atom is 0.260 e. The van der Waals surface area contributed by atoms with E-state index < -0.39 is 5.91 Å². The number of amides is 1. The van der Waals surface area contributed by atoms with E-state index >= 15 is 0 Å². The van der Waals surface area contributed by atoms with Crippen molar-refractivity contribution in [3.8, 4) is 11.5 Å². The summed E-state index contributed by atoms with van der Waals surface area (Å²) in [5.41, 5.74) is 1.15. The molecule has 28 heavy (non-hydrogen) atoms. The molecule has 0 atom stereocenters. The summed E-state index contributed by atoms with van der Waals surface area (Å²) >= 11 is 18.3. The molecule has 0 radical (unpaired) electrons. The molecule has 0 saturated heterocycles. The fourth-order valence-electron chi connectivity index (χ4n) is 2.55. The van der Waals surface area contributed by atoms with Gasteiger partial charge < -0.3 is 14.8 Å². The molecule has 0 fully saturated rings. The maximum absolute atomic E-state index is 12.6. The van der Waals surface area contributed by atoms with E-state index in [4.69, 9.17) is 44.3 Å². The standard InChI is InChI=1S/C19H16Cl3N3O3/c1-27-13-5-6-14(17(8-13)28-2)19(26)23-18-16(22)10-25(24-18)9-11-3-4-12(20)7-15(11)21/h3-8,10H,9H2,1-2H3,(H,23,24,26). The fourth-order valence-corrected chi connectivity index (χ4v) is 3.21. The average Bonchev–Trinajstić information content (AvgIpc) is 3.02. The van der Waals surface area contributed by atoms with Crippen molar-refractivity contribution in [1.29, 1.82) is 0 Å². The third-order valence-corrected chi connectivity index (χ3v) is 4.81. The van der Waals surface area contributed by atoms with Crippen LogP contribution in [0.4, 0.5) is 5.82 Å². The first-order valence-corrected chi connectivity index (χ1v) is 9.25. The number of aromatic nitrogens is 2. The van der Waals surface area contributed by atoms with Gasteiger partial charge in [-0.25, -0.2) is 0 Å². The Bertz CT molecular complexity index is 1020. The number of carbonyl (C=O) groups excluding carboxylic acids is 1. The Labute approximate surface area is 176 Å². The van der Waals surface area contributed by atoms with Crippen LogP contribution in [0, 0.1) is 0 Å². The molecule has 0 aliphatic rings. The van der Waals surface area contributed by atoms with Crippen LogP contribution in [-0.2, 0) is 6.54 Å². The number of anilines is 1. The summed E-state index contributed by atoms with van der Waals surface area (Å²) < 4.78 is 12.0. The highest BCUT2D eigenvalue weighted by Gasteiger charge is 2.17. The van der Waals surface area contributed by atoms with E-state index in [0.717, 1.165) is 5.56 Å². The minimum absolute atomic E-state index is 0.231. The molecule has 0 aliphatic heterocycles. The number of halogens is 3. The van der Waals surface area contributed by atoms with Gasteiger partial charge in [-0.05, 0) is 29.8 Å². The van der Waals surface area contributed by atoms with Crippen LogP contribution < -0.4 is 14.8 Å². The van der Waals surface area contributed by atoms with Crippen molar-refractivity contribution < 1.29 is 14.3 Å². The molecular weight excluding hydrogens is 425 g/mol. The van der Waals surface area contributed by atoms with Gasteiger partial charge >= 0.3 is 0 Å². The molecule has 1 amide bonds. The van der Waals surface area contributed by atoms with Gasteiger partial charge in [-0.1, -0.05) is 40.9 Å². The predicted molar refractivity (Wildman–Crippen MR) is 110 cm³/mol. The van der Waals surface area contributed by atoms with Crippen LogP contribution in [0.2, 0.25) is 15.1 Å². The lowest BCUT2D eigenvalue weighted by Gasteiger charge is -2.10. The molecule has 9 heteroatoms. The highest BCUT2D eigenvalue weighted by atomic mass is 35.5. The number of nitrogens with one attached hydrogen (secondary N) is 1. The van der Waals surface area contributed by atoms with Gasteiger partial charge in [-0.15, -0.1) is 0 Å². The highest BCUT2D eigenvalue weighted by molar-refractivity contribution is 6.35. The van der Waals surface area contributed by atoms with Gasteiger partial charge in [0.05, 0.1) is 26.3 Å². The summed E-state index contributed by atoms with van der Waals surface area (Å²) in [5.74, 6) is 0.779. The van der Waals surface area contributed by atoms with Crippen molar-refractivity contribution in [2.75, 3.05) is 19.5 Å². The predicted octanol–water partition coefficient (Wildman–Crippen LogP) is 5.16. The number of methoxy groups -OCH3 is 2. The number of benzene rings is 2. The second-order valence-corrected chi connectivity index (χ2v) is 7.03. The lowest BCUT2D eigenvalue weighted by atomic mass is 10.1. The van der Waals surface area contributed by atoms with Crippen molar-refractivity contribution in [1.82, 2.24) is 9.78 Å². The van der Waals surface area contributed by atoms with E-state index in [1.807, 2.05) is 0 Å². The SMILES string of the molecule is COc1ccc(C(=O)Nc2nn(Cc3ccc(Cl)cc3Cl)cc2Cl)c(OC)c1. The van der Waals surface area contributed by atoms with Crippen LogP contribution in [0.3, 0.4) is 0 Å². The molecule has 0 saturated carbocycles. The zero-order chi connectivity index (χ0) is 20.3. The Hall–Kier alpha value is -2.41. The molecule has 0 bridgehead atoms. The van der Waals surface area contributed by atoms with E-state index in [2.05, 4.69) is 10.4 Å². The minimum Gasteiger partial charge on any atom is -0.497 e. The summed E-state index contributed by atoms with van der Waals surface area (Å²) in [4.78, 5) is 12.6. The zero-order valence-corrected chi connectivity index (χ0v) is 17.3. The van der Waals surface area contributed by atoms with E-state index in [9.17, 15) is 4.79 Å². The Morgan fingerprint density at radius 2 is 1.86 bits per heavy atom. The number of nitrogens with zero attached hydrogens (tertiary/aromatic N) is 2. The average molecular weight is 441 g/mol. The molecule has 3 rings (SSSR count). The summed E-state index contributed by atoms with van der Waals surface area (Å²) in [6, 6.07) is 10.1. The lowest BCUT2D eigenvalue weighted by molar-refractivity contribution is 0.102. The van der Waals surface area contributed by atoms with Gasteiger partial charge in [0.1, 0.15) is 16.5 Å². The van der Waals surface area contributed by atoms with Crippen molar-refractivity contribution >= 4 is 46.5 Å². The number of hydrogen-bond donors (Lipinski definition) is 1. The van der Waals surface area contributed by atoms with Gasteiger partial charge in [0.2, 0.25) is 0 Å². The Morgan fingerprint density at radius 1 is 1.07 bits per heavy atom. The Morgan fingerprint density at radius 3 is 2.54 bits per heavy atom. The zero-order valence-electron chi connectivity index (χ0n) is 15.0. The summed E-state index contributed by atoms with van der Waals surface area (Å²) in [6.45, 7) is 0.372. The van der Waals surface area contributed by atoms with Crippen molar-refractivity contribution in [2.45, 2.75) is 6.54 Å². The van der Waals surface area contributed by atoms with Crippen LogP contribution in [-0.4, -0.2) is 29.9 Å². The topological polar surface area (TPSA) is 65.4 Å².